The van der Waals surface area contributed by atoms with E-state index in [9.17, 15) is 22.9 Å². The van der Waals surface area contributed by atoms with E-state index >= 15 is 0 Å². The highest BCUT2D eigenvalue weighted by molar-refractivity contribution is 8.15. The average Bonchev–Trinajstić information content (AvgIpc) is 2.82. The molecule has 0 aliphatic heterocycles. The maximum absolute atomic E-state index is 14.4. The van der Waals surface area contributed by atoms with Crippen LogP contribution in [0.15, 0.2) is 52.2 Å². The molecule has 0 bridgehead atoms. The van der Waals surface area contributed by atoms with Gasteiger partial charge in [-0.25, -0.2) is 13.5 Å². The number of carbonyl (C=O) groups excluding carboxylic acids is 1. The third kappa shape index (κ3) is 9.20. The quantitative estimate of drug-likeness (QED) is 0.123. The van der Waals surface area contributed by atoms with Crippen molar-refractivity contribution in [1.29, 1.82) is 5.26 Å². The molecule has 1 aliphatic carbocycles. The molecule has 0 heterocycles. The number of allylic oxidation sites excluding steroid dienone is 3. The van der Waals surface area contributed by atoms with Crippen LogP contribution >= 0.6 is 11.8 Å². The number of halogens is 2. The molecule has 1 rings (SSSR count). The van der Waals surface area contributed by atoms with E-state index in [0.29, 0.717) is 0 Å². The lowest BCUT2D eigenvalue weighted by Crippen LogP contribution is -2.42. The van der Waals surface area contributed by atoms with Crippen molar-refractivity contribution in [1.82, 2.24) is 15.4 Å². The zero-order valence-corrected chi connectivity index (χ0v) is 16.9. The monoisotopic (exact) mass is 460 g/mol. The number of carboxylic acids is 1. The lowest BCUT2D eigenvalue weighted by atomic mass is 10.3. The van der Waals surface area contributed by atoms with Gasteiger partial charge in [-0.3, -0.25) is 19.9 Å². The van der Waals surface area contributed by atoms with Crippen molar-refractivity contribution in [2.45, 2.75) is 11.4 Å². The van der Waals surface area contributed by atoms with Crippen LogP contribution in [0.2, 0.25) is 0 Å². The Labute approximate surface area is 178 Å². The van der Waals surface area contributed by atoms with Crippen LogP contribution in [0.5, 0.6) is 0 Å². The fourth-order valence-electron chi connectivity index (χ4n) is 1.76. The number of nitrogens with zero attached hydrogens (tertiary/aromatic N) is 2. The summed E-state index contributed by atoms with van der Waals surface area (Å²) >= 11 is -1.10. The average molecular weight is 460 g/mol. The number of rotatable bonds is 11. The van der Waals surface area contributed by atoms with Crippen molar-refractivity contribution in [3.63, 3.8) is 0 Å². The second kappa shape index (κ2) is 12.8. The van der Waals surface area contributed by atoms with Gasteiger partial charge < -0.3 is 20.7 Å². The van der Waals surface area contributed by atoms with Gasteiger partial charge >= 0.3 is 5.97 Å². The first-order chi connectivity index (χ1) is 14.1. The van der Waals surface area contributed by atoms with Crippen molar-refractivity contribution < 1.29 is 28.0 Å². The second-order valence-electron chi connectivity index (χ2n) is 5.38. The molecule has 6 N–H and O–H groups in total. The number of carbonyl (C=O) groups is 2. The minimum Gasteiger partial charge on any atom is -0.592 e. The van der Waals surface area contributed by atoms with Gasteiger partial charge in [0.25, 0.3) is 0 Å². The van der Waals surface area contributed by atoms with Crippen LogP contribution in [-0.4, -0.2) is 51.6 Å². The van der Waals surface area contributed by atoms with E-state index in [-0.39, 0.29) is 5.03 Å². The number of nitrogens with two attached hydrogens (primary N) is 1. The molecule has 0 aromatic rings. The molecule has 0 radical (unpaired) electrons. The maximum Gasteiger partial charge on any atom is 0.325 e. The number of hydrogen-bond acceptors (Lipinski definition) is 9. The summed E-state index contributed by atoms with van der Waals surface area (Å²) in [7, 11) is 0. The minimum atomic E-state index is -1.96. The number of thioether (sulfide) groups is 1. The van der Waals surface area contributed by atoms with Crippen LogP contribution in [0.25, 0.3) is 0 Å². The summed E-state index contributed by atoms with van der Waals surface area (Å²) in [6.07, 6.45) is 1.69. The Morgan fingerprint density at radius 1 is 1.57 bits per heavy atom. The Morgan fingerprint density at radius 2 is 2.27 bits per heavy atom. The third-order valence-electron chi connectivity index (χ3n) is 3.06. The fraction of sp³-hybridized carbons (Fsp3) is 0.250. The molecule has 0 saturated heterocycles. The first-order valence-corrected chi connectivity index (χ1v) is 10.1. The molecule has 30 heavy (non-hydrogen) atoms. The number of amides is 1. The van der Waals surface area contributed by atoms with Crippen LogP contribution in [0.1, 0.15) is 0 Å². The van der Waals surface area contributed by atoms with E-state index in [0.717, 1.165) is 30.0 Å². The second-order valence-corrected chi connectivity index (χ2v) is 7.66. The molecule has 0 aromatic heterocycles. The Hall–Kier alpha value is -2.70. The number of nitrogens with one attached hydrogen (secondary N) is 3. The van der Waals surface area contributed by atoms with Crippen molar-refractivity contribution in [3.8, 4) is 6.07 Å². The lowest BCUT2D eigenvalue weighted by molar-refractivity contribution is -0.135. The van der Waals surface area contributed by atoms with Crippen molar-refractivity contribution in [2.75, 3.05) is 13.1 Å². The fourth-order valence-corrected chi connectivity index (χ4v) is 3.30. The molecule has 162 valence electrons. The van der Waals surface area contributed by atoms with E-state index in [1.165, 1.54) is 5.55 Å². The summed E-state index contributed by atoms with van der Waals surface area (Å²) in [5.41, 5.74) is 5.69. The number of carboxylic acid groups (broad SMARTS) is 1. The molecular weight excluding hydrogens is 442 g/mol. The summed E-state index contributed by atoms with van der Waals surface area (Å²) in [4.78, 5) is 25.7. The molecule has 10 nitrogen and oxygen atoms in total. The van der Waals surface area contributed by atoms with Gasteiger partial charge in [0.2, 0.25) is 5.91 Å². The Balaban J connectivity index is 2.70. The maximum atomic E-state index is 14.4. The Bertz CT molecular complexity index is 840. The number of aliphatic carboxylic acids is 1. The van der Waals surface area contributed by atoms with Crippen molar-refractivity contribution >= 4 is 40.5 Å². The van der Waals surface area contributed by atoms with Crippen molar-refractivity contribution in [3.05, 3.63) is 47.2 Å². The molecule has 0 fully saturated rings. The van der Waals surface area contributed by atoms with Gasteiger partial charge in [-0.15, -0.1) is 0 Å². The molecule has 3 unspecified atom stereocenters. The number of aliphatic imine (C=N–C) groups is 1. The topological polar surface area (TPSA) is 176 Å². The zero-order valence-electron chi connectivity index (χ0n) is 15.3. The van der Waals surface area contributed by atoms with Crippen LogP contribution in [0, 0.1) is 11.3 Å². The predicted molar refractivity (Wildman–Crippen MR) is 109 cm³/mol. The third-order valence-corrected chi connectivity index (χ3v) is 5.07. The van der Waals surface area contributed by atoms with E-state index in [1.54, 1.807) is 6.07 Å². The lowest BCUT2D eigenvalue weighted by Gasteiger charge is -2.16. The summed E-state index contributed by atoms with van der Waals surface area (Å²) in [5.74, 6) is -4.22. The molecule has 1 aliphatic rings. The standard InChI is InChI=1S/C16H18F2N6O4S2/c1-9(29-8-21-7-15(26)27)24-30(28)10-2-3-11(17)16(12(18)4-10)23-14(25)6-22-13(20)5-19/h2-4,8,10,13,22,24H,1,6-7,20H2,(H,23,25)(H,26,27)/b21-8-. The van der Waals surface area contributed by atoms with Gasteiger partial charge in [-0.1, -0.05) is 18.3 Å². The molecule has 0 saturated carbocycles. The molecule has 3 atom stereocenters. The van der Waals surface area contributed by atoms with Gasteiger partial charge in [0, 0.05) is 6.08 Å². The summed E-state index contributed by atoms with van der Waals surface area (Å²) in [6, 6.07) is 1.63. The normalized spacial score (nSPS) is 18.2. The molecular formula is C16H18F2N6O4S2. The van der Waals surface area contributed by atoms with Gasteiger partial charge in [-0.2, -0.15) is 5.26 Å². The Morgan fingerprint density at radius 3 is 2.90 bits per heavy atom. The largest absolute Gasteiger partial charge is 0.592 e. The number of nitriles is 1. The molecule has 14 heteroatoms. The highest BCUT2D eigenvalue weighted by Crippen LogP contribution is 2.23. The van der Waals surface area contributed by atoms with E-state index < -0.39 is 65.1 Å². The minimum absolute atomic E-state index is 0.135. The van der Waals surface area contributed by atoms with Crippen LogP contribution in [0.4, 0.5) is 8.78 Å². The zero-order chi connectivity index (χ0) is 22.7. The number of hydrogen-bond donors (Lipinski definition) is 5. The first kappa shape index (κ1) is 25.3. The van der Waals surface area contributed by atoms with Gasteiger partial charge in [0.1, 0.15) is 29.3 Å². The highest BCUT2D eigenvalue weighted by Gasteiger charge is 2.26. The molecule has 0 spiro atoms. The van der Waals surface area contributed by atoms with E-state index in [1.807, 2.05) is 5.32 Å². The van der Waals surface area contributed by atoms with Crippen LogP contribution < -0.4 is 21.1 Å². The van der Waals surface area contributed by atoms with Gasteiger partial charge in [0.05, 0.1) is 29.5 Å². The van der Waals surface area contributed by atoms with E-state index in [2.05, 4.69) is 21.6 Å². The van der Waals surface area contributed by atoms with Gasteiger partial charge in [-0.05, 0) is 12.2 Å². The first-order valence-electron chi connectivity index (χ1n) is 8.01. The summed E-state index contributed by atoms with van der Waals surface area (Å²) in [6.45, 7) is 2.66. The summed E-state index contributed by atoms with van der Waals surface area (Å²) < 4.78 is 43.3. The smallest absolute Gasteiger partial charge is 0.325 e. The predicted octanol–water partition coefficient (Wildman–Crippen LogP) is 0.0441. The van der Waals surface area contributed by atoms with Gasteiger partial charge in [0.15, 0.2) is 11.1 Å². The summed E-state index contributed by atoms with van der Waals surface area (Å²) in [5, 5.41) is 20.4. The van der Waals surface area contributed by atoms with E-state index in [4.69, 9.17) is 16.1 Å². The van der Waals surface area contributed by atoms with Crippen LogP contribution in [0.3, 0.4) is 0 Å². The molecule has 1 amide bonds. The van der Waals surface area contributed by atoms with Crippen LogP contribution in [-0.2, 0) is 21.0 Å². The highest BCUT2D eigenvalue weighted by atomic mass is 32.2. The SMILES string of the molecule is C=C(N[S+]([O-])C1C=CC(F)=C(NC(=O)CNC(N)C#N)C(F)=C1)S/C=N\CC(=O)O. The molecule has 0 aromatic carbocycles. The Kier molecular flexibility index (Phi) is 10.8. The van der Waals surface area contributed by atoms with Crippen molar-refractivity contribution in [2.24, 2.45) is 10.7 Å².